The van der Waals surface area contributed by atoms with Gasteiger partial charge in [0.2, 0.25) is 17.7 Å². The van der Waals surface area contributed by atoms with E-state index >= 15 is 0 Å². The molecular weight excluding hydrogens is 352 g/mol. The molecular formula is C14H15ClN6O4. The lowest BCUT2D eigenvalue weighted by Gasteiger charge is -2.17. The first-order chi connectivity index (χ1) is 11.8. The first-order valence-corrected chi connectivity index (χ1v) is 7.31. The second-order valence-electron chi connectivity index (χ2n) is 4.95. The number of nitrogens with zero attached hydrogens (tertiary/aromatic N) is 4. The van der Waals surface area contributed by atoms with Crippen molar-refractivity contribution in [2.75, 3.05) is 36.7 Å². The molecule has 1 amide bonds. The van der Waals surface area contributed by atoms with Gasteiger partial charge in [0.15, 0.2) is 0 Å². The predicted molar refractivity (Wildman–Crippen MR) is 93.0 cm³/mol. The number of nitrogens with one attached hydrogen (secondary N) is 1. The van der Waals surface area contributed by atoms with Crippen molar-refractivity contribution in [3.05, 3.63) is 39.5 Å². The number of nitrogens with two attached hydrogens (primary N) is 1. The molecule has 0 bridgehead atoms. The van der Waals surface area contributed by atoms with Gasteiger partial charge in [0.1, 0.15) is 11.9 Å². The zero-order valence-electron chi connectivity index (χ0n) is 13.4. The largest absolute Gasteiger partial charge is 0.495 e. The molecule has 0 radical (unpaired) electrons. The van der Waals surface area contributed by atoms with Crippen LogP contribution in [0.5, 0.6) is 5.75 Å². The smallest absolute Gasteiger partial charge is 0.329 e. The lowest BCUT2D eigenvalue weighted by molar-refractivity contribution is -0.384. The maximum Gasteiger partial charge on any atom is 0.329 e. The number of nitro groups is 1. The summed E-state index contributed by atoms with van der Waals surface area (Å²) in [6.45, 7) is -0.118. The summed E-state index contributed by atoms with van der Waals surface area (Å²) in [4.78, 5) is 31.3. The van der Waals surface area contributed by atoms with Crippen LogP contribution in [0, 0.1) is 10.1 Å². The fourth-order valence-electron chi connectivity index (χ4n) is 1.96. The fraction of sp³-hybridized carbons (Fsp3) is 0.214. The van der Waals surface area contributed by atoms with Gasteiger partial charge < -0.3 is 20.7 Å². The molecule has 0 aliphatic carbocycles. The van der Waals surface area contributed by atoms with E-state index in [0.29, 0.717) is 16.5 Å². The molecule has 0 saturated heterocycles. The molecule has 2 rings (SSSR count). The Bertz CT molecular complexity index is 816. The number of aromatic nitrogens is 2. The Kier molecular flexibility index (Phi) is 5.55. The van der Waals surface area contributed by atoms with Crippen LogP contribution in [-0.4, -0.2) is 41.5 Å². The Morgan fingerprint density at radius 1 is 1.52 bits per heavy atom. The van der Waals surface area contributed by atoms with Crippen LogP contribution in [0.3, 0.4) is 0 Å². The van der Waals surface area contributed by atoms with Gasteiger partial charge in [-0.15, -0.1) is 0 Å². The van der Waals surface area contributed by atoms with E-state index in [1.165, 1.54) is 12.0 Å². The lowest BCUT2D eigenvalue weighted by atomic mass is 10.3. The minimum Gasteiger partial charge on any atom is -0.495 e. The van der Waals surface area contributed by atoms with Gasteiger partial charge in [0.25, 0.3) is 0 Å². The molecule has 0 fully saturated rings. The minimum absolute atomic E-state index is 0.0799. The summed E-state index contributed by atoms with van der Waals surface area (Å²) in [5, 5.41) is 13.8. The second-order valence-corrected chi connectivity index (χ2v) is 5.38. The molecule has 10 nitrogen and oxygen atoms in total. The van der Waals surface area contributed by atoms with Crippen LogP contribution in [0.1, 0.15) is 0 Å². The monoisotopic (exact) mass is 366 g/mol. The Hall–Kier alpha value is -3.14. The van der Waals surface area contributed by atoms with Crippen LogP contribution in [0.4, 0.5) is 23.1 Å². The van der Waals surface area contributed by atoms with E-state index in [9.17, 15) is 14.9 Å². The molecule has 0 unspecified atom stereocenters. The summed E-state index contributed by atoms with van der Waals surface area (Å²) in [6.07, 6.45) is 0.992. The van der Waals surface area contributed by atoms with Crippen molar-refractivity contribution in [3.63, 3.8) is 0 Å². The van der Waals surface area contributed by atoms with Gasteiger partial charge >= 0.3 is 5.69 Å². The van der Waals surface area contributed by atoms with Crippen LogP contribution >= 0.6 is 11.6 Å². The number of amides is 1. The number of hydrogen-bond acceptors (Lipinski definition) is 8. The SMILES string of the molecule is COc1ccc(Cl)cc1NC(=O)CN(C)c1ncc([N+](=O)[O-])c(N)n1. The Morgan fingerprint density at radius 3 is 2.84 bits per heavy atom. The van der Waals surface area contributed by atoms with Crippen molar-refractivity contribution in [3.8, 4) is 5.75 Å². The number of ether oxygens (including phenoxy) is 1. The summed E-state index contributed by atoms with van der Waals surface area (Å²) in [6, 6.07) is 4.82. The highest BCUT2D eigenvalue weighted by Gasteiger charge is 2.18. The number of nitrogen functional groups attached to an aromatic ring is 1. The van der Waals surface area contributed by atoms with Crippen LogP contribution in [0.15, 0.2) is 24.4 Å². The van der Waals surface area contributed by atoms with Gasteiger partial charge in [-0.1, -0.05) is 11.6 Å². The van der Waals surface area contributed by atoms with Crippen molar-refractivity contribution in [1.29, 1.82) is 0 Å². The summed E-state index contributed by atoms with van der Waals surface area (Å²) >= 11 is 5.91. The molecule has 3 N–H and O–H groups in total. The zero-order chi connectivity index (χ0) is 18.6. The molecule has 0 spiro atoms. The maximum absolute atomic E-state index is 12.2. The average molecular weight is 367 g/mol. The maximum atomic E-state index is 12.2. The van der Waals surface area contributed by atoms with Crippen molar-refractivity contribution in [2.24, 2.45) is 0 Å². The molecule has 25 heavy (non-hydrogen) atoms. The molecule has 0 aliphatic heterocycles. The standard InChI is InChI=1S/C14H15ClN6O4/c1-20(14-17-6-10(21(23)24)13(16)19-14)7-12(22)18-9-5-8(15)3-4-11(9)25-2/h3-6H,7H2,1-2H3,(H,18,22)(H2,16,17,19). The number of carbonyl (C=O) groups excluding carboxylic acids is 1. The molecule has 0 atom stereocenters. The molecule has 2 aromatic rings. The number of methoxy groups -OCH3 is 1. The lowest BCUT2D eigenvalue weighted by Crippen LogP contribution is -2.31. The van der Waals surface area contributed by atoms with E-state index in [1.54, 1.807) is 25.2 Å². The van der Waals surface area contributed by atoms with Gasteiger partial charge in [-0.25, -0.2) is 4.98 Å². The van der Waals surface area contributed by atoms with Crippen molar-refractivity contribution < 1.29 is 14.5 Å². The summed E-state index contributed by atoms with van der Waals surface area (Å²) < 4.78 is 5.15. The van der Waals surface area contributed by atoms with Crippen LogP contribution in [0.2, 0.25) is 5.02 Å². The number of rotatable bonds is 6. The molecule has 11 heteroatoms. The third kappa shape index (κ3) is 4.44. The molecule has 0 aliphatic rings. The van der Waals surface area contributed by atoms with Gasteiger partial charge in [-0.3, -0.25) is 14.9 Å². The summed E-state index contributed by atoms with van der Waals surface area (Å²) in [7, 11) is 3.02. The summed E-state index contributed by atoms with van der Waals surface area (Å²) in [5.74, 6) is -0.130. The number of hydrogen-bond donors (Lipinski definition) is 2. The average Bonchev–Trinajstić information content (AvgIpc) is 2.54. The van der Waals surface area contributed by atoms with E-state index < -0.39 is 10.6 Å². The van der Waals surface area contributed by atoms with Crippen molar-refractivity contribution >= 4 is 40.6 Å². The molecule has 0 saturated carbocycles. The highest BCUT2D eigenvalue weighted by molar-refractivity contribution is 6.31. The summed E-state index contributed by atoms with van der Waals surface area (Å²) in [5.41, 5.74) is 5.53. The number of halogens is 1. The van der Waals surface area contributed by atoms with Gasteiger partial charge in [0, 0.05) is 12.1 Å². The third-order valence-corrected chi connectivity index (χ3v) is 3.37. The number of anilines is 3. The van der Waals surface area contributed by atoms with E-state index in [4.69, 9.17) is 22.1 Å². The Morgan fingerprint density at radius 2 is 2.24 bits per heavy atom. The van der Waals surface area contributed by atoms with E-state index in [0.717, 1.165) is 6.20 Å². The van der Waals surface area contributed by atoms with E-state index in [-0.39, 0.29) is 24.2 Å². The topological polar surface area (TPSA) is 137 Å². The van der Waals surface area contributed by atoms with E-state index in [2.05, 4.69) is 15.3 Å². The highest BCUT2D eigenvalue weighted by atomic mass is 35.5. The quantitative estimate of drug-likeness (QED) is 0.582. The molecule has 1 aromatic heterocycles. The molecule has 132 valence electrons. The Labute approximate surface area is 147 Å². The number of benzene rings is 1. The minimum atomic E-state index is -0.683. The zero-order valence-corrected chi connectivity index (χ0v) is 14.1. The third-order valence-electron chi connectivity index (χ3n) is 3.14. The Balaban J connectivity index is 2.09. The molecule has 1 heterocycles. The van der Waals surface area contributed by atoms with Gasteiger partial charge in [-0.05, 0) is 18.2 Å². The number of carbonyl (C=O) groups is 1. The molecule has 1 aromatic carbocycles. The van der Waals surface area contributed by atoms with Crippen LogP contribution < -0.4 is 20.7 Å². The van der Waals surface area contributed by atoms with Crippen molar-refractivity contribution in [1.82, 2.24) is 9.97 Å². The first-order valence-electron chi connectivity index (χ1n) is 6.93. The normalized spacial score (nSPS) is 10.2. The fourth-order valence-corrected chi connectivity index (χ4v) is 2.13. The predicted octanol–water partition coefficient (Wildman–Crippen LogP) is 1.70. The van der Waals surface area contributed by atoms with Crippen LogP contribution in [-0.2, 0) is 4.79 Å². The first kappa shape index (κ1) is 18.2. The van der Waals surface area contributed by atoms with E-state index in [1.807, 2.05) is 0 Å². The second kappa shape index (κ2) is 7.62. The number of likely N-dealkylation sites (N-methyl/N-ethyl adjacent to an activating group) is 1. The van der Waals surface area contributed by atoms with Gasteiger partial charge in [0.05, 0.1) is 24.3 Å². The van der Waals surface area contributed by atoms with Gasteiger partial charge in [-0.2, -0.15) is 4.98 Å². The van der Waals surface area contributed by atoms with Crippen LogP contribution in [0.25, 0.3) is 0 Å². The van der Waals surface area contributed by atoms with Crippen molar-refractivity contribution in [2.45, 2.75) is 0 Å². The highest BCUT2D eigenvalue weighted by Crippen LogP contribution is 2.27.